The number of ketones is 1. The molecule has 0 aromatic heterocycles. The zero-order valence-corrected chi connectivity index (χ0v) is 22.0. The molecule has 1 aliphatic heterocycles. The maximum absolute atomic E-state index is 13.2. The molecular formula is C29H38N2O5. The molecule has 1 aliphatic rings. The lowest BCUT2D eigenvalue weighted by Gasteiger charge is -2.27. The topological polar surface area (TPSA) is 79.3 Å². The van der Waals surface area contributed by atoms with Gasteiger partial charge in [0, 0.05) is 12.1 Å². The third kappa shape index (κ3) is 6.26. The molecule has 1 fully saturated rings. The van der Waals surface area contributed by atoms with Crippen LogP contribution in [-0.4, -0.2) is 65.5 Å². The van der Waals surface area contributed by atoms with Gasteiger partial charge < -0.3 is 24.4 Å². The Balaban J connectivity index is 2.00. The summed E-state index contributed by atoms with van der Waals surface area (Å²) in [7, 11) is 0. The minimum atomic E-state index is -0.679. The van der Waals surface area contributed by atoms with Crippen molar-refractivity contribution in [3.63, 3.8) is 0 Å². The van der Waals surface area contributed by atoms with Crippen LogP contribution in [0.15, 0.2) is 54.1 Å². The number of carbonyl (C=O) groups is 2. The van der Waals surface area contributed by atoms with Crippen molar-refractivity contribution < 1.29 is 24.2 Å². The molecule has 2 aromatic carbocycles. The van der Waals surface area contributed by atoms with E-state index in [1.807, 2.05) is 45.0 Å². The van der Waals surface area contributed by atoms with Crippen LogP contribution in [0.5, 0.6) is 11.5 Å². The van der Waals surface area contributed by atoms with Crippen molar-refractivity contribution in [2.24, 2.45) is 0 Å². The zero-order valence-electron chi connectivity index (χ0n) is 22.0. The van der Waals surface area contributed by atoms with Gasteiger partial charge in [-0.15, -0.1) is 0 Å². The first kappa shape index (κ1) is 27.3. The number of amides is 1. The Labute approximate surface area is 214 Å². The average Bonchev–Trinajstić information content (AvgIpc) is 3.12. The highest BCUT2D eigenvalue weighted by atomic mass is 16.5. The van der Waals surface area contributed by atoms with E-state index in [1.54, 1.807) is 29.2 Å². The predicted molar refractivity (Wildman–Crippen MR) is 141 cm³/mol. The van der Waals surface area contributed by atoms with Crippen molar-refractivity contribution in [2.75, 3.05) is 32.8 Å². The number of likely N-dealkylation sites (tertiary alicyclic amines) is 1. The second kappa shape index (κ2) is 12.6. The van der Waals surface area contributed by atoms with Crippen molar-refractivity contribution in [2.45, 2.75) is 53.2 Å². The van der Waals surface area contributed by atoms with Crippen molar-refractivity contribution in [3.05, 3.63) is 65.2 Å². The summed E-state index contributed by atoms with van der Waals surface area (Å²) in [5, 5.41) is 11.2. The van der Waals surface area contributed by atoms with Crippen LogP contribution >= 0.6 is 0 Å². The summed E-state index contributed by atoms with van der Waals surface area (Å²) in [6, 6.07) is 13.6. The molecule has 0 unspecified atom stereocenters. The van der Waals surface area contributed by atoms with Gasteiger partial charge in [-0.3, -0.25) is 9.59 Å². The summed E-state index contributed by atoms with van der Waals surface area (Å²) in [5.41, 5.74) is 1.31. The van der Waals surface area contributed by atoms with E-state index >= 15 is 0 Å². The number of aliphatic hydroxyl groups excluding tert-OH is 1. The number of carbonyl (C=O) groups excluding carboxylic acids is 2. The number of aliphatic hydroxyl groups is 1. The molecule has 1 amide bonds. The molecule has 194 valence electrons. The number of benzene rings is 2. The SMILES string of the molecule is CCOc1ccc(/C(O)=C2\C(=O)C(=O)N(CCCN(CC)CC)[C@@H]2c2ccc(OC(C)C)cc2)cc1. The Morgan fingerprint density at radius 3 is 2.14 bits per heavy atom. The molecule has 0 radical (unpaired) electrons. The maximum Gasteiger partial charge on any atom is 0.295 e. The van der Waals surface area contributed by atoms with Gasteiger partial charge >= 0.3 is 0 Å². The highest BCUT2D eigenvalue weighted by Gasteiger charge is 2.45. The lowest BCUT2D eigenvalue weighted by atomic mass is 9.95. The highest BCUT2D eigenvalue weighted by Crippen LogP contribution is 2.40. The monoisotopic (exact) mass is 494 g/mol. The Hall–Kier alpha value is -3.32. The molecule has 0 bridgehead atoms. The second-order valence-corrected chi connectivity index (χ2v) is 9.07. The van der Waals surface area contributed by atoms with E-state index in [2.05, 4.69) is 18.7 Å². The molecule has 36 heavy (non-hydrogen) atoms. The molecule has 1 N–H and O–H groups in total. The first-order valence-electron chi connectivity index (χ1n) is 12.8. The van der Waals surface area contributed by atoms with Gasteiger partial charge in [-0.2, -0.15) is 0 Å². The Kier molecular flexibility index (Phi) is 9.53. The summed E-state index contributed by atoms with van der Waals surface area (Å²) in [5.74, 6) is -0.0663. The number of hydrogen-bond donors (Lipinski definition) is 1. The molecule has 1 heterocycles. The second-order valence-electron chi connectivity index (χ2n) is 9.07. The quantitative estimate of drug-likeness (QED) is 0.253. The third-order valence-corrected chi connectivity index (χ3v) is 6.31. The zero-order chi connectivity index (χ0) is 26.2. The van der Waals surface area contributed by atoms with Crippen LogP contribution in [0, 0.1) is 0 Å². The standard InChI is InChI=1S/C29H38N2O5/c1-6-30(7-2)18-9-19-31-26(21-10-16-24(17-11-21)36-20(4)5)25(28(33)29(31)34)27(32)22-12-14-23(15-13-22)35-8-3/h10-17,20,26,32H,6-9,18-19H2,1-5H3/b27-25+/t26-/m1/s1. The van der Waals surface area contributed by atoms with Crippen LogP contribution in [0.3, 0.4) is 0 Å². The first-order chi connectivity index (χ1) is 17.3. The fourth-order valence-electron chi connectivity index (χ4n) is 4.49. The van der Waals surface area contributed by atoms with Crippen LogP contribution in [0.2, 0.25) is 0 Å². The fraction of sp³-hybridized carbons (Fsp3) is 0.448. The number of rotatable bonds is 12. The third-order valence-electron chi connectivity index (χ3n) is 6.31. The van der Waals surface area contributed by atoms with Crippen LogP contribution < -0.4 is 9.47 Å². The van der Waals surface area contributed by atoms with E-state index in [4.69, 9.17) is 9.47 Å². The first-order valence-corrected chi connectivity index (χ1v) is 12.8. The molecule has 7 heteroatoms. The largest absolute Gasteiger partial charge is 0.507 e. The summed E-state index contributed by atoms with van der Waals surface area (Å²) in [4.78, 5) is 30.3. The Morgan fingerprint density at radius 2 is 1.58 bits per heavy atom. The summed E-state index contributed by atoms with van der Waals surface area (Å²) in [6.07, 6.45) is 0.754. The van der Waals surface area contributed by atoms with Crippen LogP contribution in [-0.2, 0) is 9.59 Å². The van der Waals surface area contributed by atoms with Crippen LogP contribution in [0.25, 0.3) is 5.76 Å². The molecule has 0 spiro atoms. The fourth-order valence-corrected chi connectivity index (χ4v) is 4.49. The van der Waals surface area contributed by atoms with E-state index in [-0.39, 0.29) is 17.4 Å². The molecule has 7 nitrogen and oxygen atoms in total. The van der Waals surface area contributed by atoms with Gasteiger partial charge in [0.25, 0.3) is 11.7 Å². The summed E-state index contributed by atoms with van der Waals surface area (Å²) >= 11 is 0. The summed E-state index contributed by atoms with van der Waals surface area (Å²) < 4.78 is 11.3. The molecule has 0 saturated carbocycles. The Bertz CT molecular complexity index is 1060. The molecule has 3 rings (SSSR count). The van der Waals surface area contributed by atoms with Gasteiger partial charge in [0.1, 0.15) is 17.3 Å². The molecule has 2 aromatic rings. The summed E-state index contributed by atoms with van der Waals surface area (Å²) in [6.45, 7) is 13.6. The van der Waals surface area contributed by atoms with Gasteiger partial charge in [0.15, 0.2) is 0 Å². The van der Waals surface area contributed by atoms with Crippen LogP contribution in [0.1, 0.15) is 58.2 Å². The number of hydrogen-bond acceptors (Lipinski definition) is 6. The van der Waals surface area contributed by atoms with E-state index in [9.17, 15) is 14.7 Å². The van der Waals surface area contributed by atoms with E-state index in [0.717, 1.165) is 31.6 Å². The minimum absolute atomic E-state index is 0.0289. The van der Waals surface area contributed by atoms with Gasteiger partial charge in [-0.25, -0.2) is 0 Å². The van der Waals surface area contributed by atoms with Crippen molar-refractivity contribution in [1.82, 2.24) is 9.80 Å². The Morgan fingerprint density at radius 1 is 0.972 bits per heavy atom. The van der Waals surface area contributed by atoms with E-state index < -0.39 is 17.7 Å². The lowest BCUT2D eigenvalue weighted by Crippen LogP contribution is -2.33. The van der Waals surface area contributed by atoms with Crippen molar-refractivity contribution in [1.29, 1.82) is 0 Å². The van der Waals surface area contributed by atoms with Gasteiger partial charge in [0.2, 0.25) is 0 Å². The molecule has 1 atom stereocenters. The normalized spacial score (nSPS) is 17.3. The minimum Gasteiger partial charge on any atom is -0.507 e. The molecule has 0 aliphatic carbocycles. The highest BCUT2D eigenvalue weighted by molar-refractivity contribution is 6.46. The number of nitrogens with zero attached hydrogens (tertiary/aromatic N) is 2. The van der Waals surface area contributed by atoms with Gasteiger partial charge in [-0.05, 0) is 88.8 Å². The molecular weight excluding hydrogens is 456 g/mol. The number of ether oxygens (including phenoxy) is 2. The van der Waals surface area contributed by atoms with E-state index in [0.29, 0.717) is 30.2 Å². The van der Waals surface area contributed by atoms with Gasteiger partial charge in [-0.1, -0.05) is 26.0 Å². The predicted octanol–water partition coefficient (Wildman–Crippen LogP) is 5.03. The van der Waals surface area contributed by atoms with Crippen molar-refractivity contribution in [3.8, 4) is 11.5 Å². The lowest BCUT2D eigenvalue weighted by molar-refractivity contribution is -0.140. The van der Waals surface area contributed by atoms with Crippen LogP contribution in [0.4, 0.5) is 0 Å². The van der Waals surface area contributed by atoms with Gasteiger partial charge in [0.05, 0.1) is 24.3 Å². The average molecular weight is 495 g/mol. The number of Topliss-reactive ketones (excluding diaryl/α,β-unsaturated/α-hetero) is 1. The smallest absolute Gasteiger partial charge is 0.295 e. The molecule has 1 saturated heterocycles. The maximum atomic E-state index is 13.2. The van der Waals surface area contributed by atoms with Crippen molar-refractivity contribution >= 4 is 17.4 Å². The van der Waals surface area contributed by atoms with E-state index in [1.165, 1.54) is 0 Å².